The van der Waals surface area contributed by atoms with Gasteiger partial charge in [0.25, 0.3) is 0 Å². The lowest BCUT2D eigenvalue weighted by molar-refractivity contribution is -0.142. The summed E-state index contributed by atoms with van der Waals surface area (Å²) in [6.07, 6.45) is 6.16. The summed E-state index contributed by atoms with van der Waals surface area (Å²) >= 11 is 0. The molecule has 3 atom stereocenters. The molecule has 3 unspecified atom stereocenters. The molecule has 3 fully saturated rings. The highest BCUT2D eigenvalue weighted by molar-refractivity contribution is 5.79. The summed E-state index contributed by atoms with van der Waals surface area (Å²) in [7, 11) is 1.85. The number of hydrogen-bond donors (Lipinski definition) is 1. The Morgan fingerprint density at radius 2 is 2.05 bits per heavy atom. The van der Waals surface area contributed by atoms with E-state index in [4.69, 9.17) is 4.74 Å². The molecule has 2 saturated carbocycles. The molecule has 0 spiro atoms. The van der Waals surface area contributed by atoms with E-state index in [1.54, 1.807) is 4.90 Å². The summed E-state index contributed by atoms with van der Waals surface area (Å²) in [4.78, 5) is 14.3. The van der Waals surface area contributed by atoms with Crippen molar-refractivity contribution in [2.24, 2.45) is 17.8 Å². The Kier molecular flexibility index (Phi) is 3.56. The molecule has 19 heavy (non-hydrogen) atoms. The molecule has 0 aromatic carbocycles. The van der Waals surface area contributed by atoms with Gasteiger partial charge in [0.05, 0.1) is 5.60 Å². The second-order valence-electron chi connectivity index (χ2n) is 6.81. The number of carbonyl (C=O) groups is 1. The molecule has 0 radical (unpaired) electrons. The Morgan fingerprint density at radius 1 is 1.32 bits per heavy atom. The van der Waals surface area contributed by atoms with Gasteiger partial charge in [0, 0.05) is 45.6 Å². The van der Waals surface area contributed by atoms with E-state index >= 15 is 0 Å². The van der Waals surface area contributed by atoms with E-state index in [0.29, 0.717) is 38.5 Å². The van der Waals surface area contributed by atoms with Crippen LogP contribution in [0.2, 0.25) is 0 Å². The fourth-order valence-electron chi connectivity index (χ4n) is 4.26. The minimum atomic E-state index is -0.736. The maximum absolute atomic E-state index is 12.5. The van der Waals surface area contributed by atoms with Gasteiger partial charge in [-0.3, -0.25) is 4.79 Å². The zero-order chi connectivity index (χ0) is 13.5. The predicted molar refractivity (Wildman–Crippen MR) is 71.6 cm³/mol. The van der Waals surface area contributed by atoms with E-state index in [0.717, 1.165) is 12.3 Å². The van der Waals surface area contributed by atoms with Gasteiger partial charge in [-0.1, -0.05) is 6.42 Å². The molecular weight excluding hydrogens is 242 g/mol. The first-order valence-corrected chi connectivity index (χ1v) is 7.62. The Morgan fingerprint density at radius 3 is 2.63 bits per heavy atom. The lowest BCUT2D eigenvalue weighted by atomic mass is 9.87. The first-order valence-electron chi connectivity index (χ1n) is 7.62. The van der Waals surface area contributed by atoms with Gasteiger partial charge in [0.2, 0.25) is 5.91 Å². The Hall–Kier alpha value is -0.610. The first-order chi connectivity index (χ1) is 9.07. The second kappa shape index (κ2) is 5.06. The quantitative estimate of drug-likeness (QED) is 0.841. The number of amides is 1. The van der Waals surface area contributed by atoms with E-state index in [-0.39, 0.29) is 11.8 Å². The van der Waals surface area contributed by atoms with E-state index in [2.05, 4.69) is 0 Å². The van der Waals surface area contributed by atoms with Gasteiger partial charge >= 0.3 is 0 Å². The molecule has 2 aliphatic carbocycles. The highest BCUT2D eigenvalue weighted by Crippen LogP contribution is 2.48. The average molecular weight is 267 g/mol. The standard InChI is InChI=1S/C15H25NO3/c1-16(10-15(18)4-6-19-7-5-15)14(17)13-9-11-2-3-12(13)8-11/h11-13,18H,2-10H2,1H3. The van der Waals surface area contributed by atoms with Crippen LogP contribution in [0.1, 0.15) is 38.5 Å². The highest BCUT2D eigenvalue weighted by Gasteiger charge is 2.44. The molecule has 1 heterocycles. The van der Waals surface area contributed by atoms with Gasteiger partial charge in [0.15, 0.2) is 0 Å². The first kappa shape index (κ1) is 13.4. The van der Waals surface area contributed by atoms with Crippen LogP contribution in [-0.4, -0.2) is 48.3 Å². The van der Waals surface area contributed by atoms with E-state index < -0.39 is 5.60 Å². The van der Waals surface area contributed by atoms with Crippen molar-refractivity contribution in [1.82, 2.24) is 4.90 Å². The smallest absolute Gasteiger partial charge is 0.225 e. The number of ether oxygens (including phenoxy) is 1. The van der Waals surface area contributed by atoms with Gasteiger partial charge < -0.3 is 14.7 Å². The fraction of sp³-hybridized carbons (Fsp3) is 0.933. The van der Waals surface area contributed by atoms with Gasteiger partial charge in [-0.25, -0.2) is 0 Å². The van der Waals surface area contributed by atoms with Gasteiger partial charge in [0.1, 0.15) is 0 Å². The number of fused-ring (bicyclic) bond motifs is 2. The summed E-state index contributed by atoms with van der Waals surface area (Å²) in [6, 6.07) is 0. The molecule has 1 amide bonds. The van der Waals surface area contributed by atoms with Crippen LogP contribution >= 0.6 is 0 Å². The normalized spacial score (nSPS) is 36.4. The van der Waals surface area contributed by atoms with Crippen LogP contribution in [0.25, 0.3) is 0 Å². The van der Waals surface area contributed by atoms with Crippen LogP contribution in [-0.2, 0) is 9.53 Å². The van der Waals surface area contributed by atoms with Crippen LogP contribution in [0, 0.1) is 17.8 Å². The van der Waals surface area contributed by atoms with Gasteiger partial charge in [-0.2, -0.15) is 0 Å². The maximum Gasteiger partial charge on any atom is 0.225 e. The summed E-state index contributed by atoms with van der Waals surface area (Å²) in [5, 5.41) is 10.5. The average Bonchev–Trinajstić information content (AvgIpc) is 3.00. The molecule has 3 aliphatic rings. The van der Waals surface area contributed by atoms with E-state index in [9.17, 15) is 9.90 Å². The Labute approximate surface area is 115 Å². The molecule has 0 aromatic heterocycles. The molecule has 4 nitrogen and oxygen atoms in total. The molecule has 1 N–H and O–H groups in total. The van der Waals surface area contributed by atoms with Crippen molar-refractivity contribution < 1.29 is 14.6 Å². The summed E-state index contributed by atoms with van der Waals surface area (Å²) in [5.74, 6) is 1.89. The third-order valence-corrected chi connectivity index (χ3v) is 5.39. The Balaban J connectivity index is 1.57. The Bertz CT molecular complexity index is 351. The minimum Gasteiger partial charge on any atom is -0.388 e. The van der Waals surface area contributed by atoms with Gasteiger partial charge in [-0.05, 0) is 31.1 Å². The second-order valence-corrected chi connectivity index (χ2v) is 6.81. The van der Waals surface area contributed by atoms with Crippen molar-refractivity contribution in [1.29, 1.82) is 0 Å². The lowest BCUT2D eigenvalue weighted by Gasteiger charge is -2.37. The molecule has 108 valence electrons. The molecule has 4 heteroatoms. The van der Waals surface area contributed by atoms with Crippen molar-refractivity contribution in [3.8, 4) is 0 Å². The van der Waals surface area contributed by atoms with Crippen molar-refractivity contribution in [2.75, 3.05) is 26.8 Å². The molecule has 1 aliphatic heterocycles. The highest BCUT2D eigenvalue weighted by atomic mass is 16.5. The van der Waals surface area contributed by atoms with E-state index in [1.165, 1.54) is 19.3 Å². The number of carbonyl (C=O) groups excluding carboxylic acids is 1. The summed E-state index contributed by atoms with van der Waals surface area (Å²) < 4.78 is 5.28. The molecule has 0 aromatic rings. The summed E-state index contributed by atoms with van der Waals surface area (Å²) in [6.45, 7) is 1.67. The van der Waals surface area contributed by atoms with Crippen LogP contribution in [0.15, 0.2) is 0 Å². The monoisotopic (exact) mass is 267 g/mol. The maximum atomic E-state index is 12.5. The number of aliphatic hydroxyl groups is 1. The van der Waals surface area contributed by atoms with Gasteiger partial charge in [-0.15, -0.1) is 0 Å². The van der Waals surface area contributed by atoms with E-state index in [1.807, 2.05) is 7.05 Å². The predicted octanol–water partition coefficient (Wildman–Crippen LogP) is 1.42. The fourth-order valence-corrected chi connectivity index (χ4v) is 4.26. The van der Waals surface area contributed by atoms with Crippen LogP contribution < -0.4 is 0 Å². The molecule has 2 bridgehead atoms. The van der Waals surface area contributed by atoms with Crippen LogP contribution in [0.5, 0.6) is 0 Å². The topological polar surface area (TPSA) is 49.8 Å². The number of hydrogen-bond acceptors (Lipinski definition) is 3. The van der Waals surface area contributed by atoms with Crippen molar-refractivity contribution in [2.45, 2.75) is 44.1 Å². The van der Waals surface area contributed by atoms with Crippen LogP contribution in [0.4, 0.5) is 0 Å². The SMILES string of the molecule is CN(CC1(O)CCOCC1)C(=O)C1CC2CCC1C2. The number of nitrogens with zero attached hydrogens (tertiary/aromatic N) is 1. The zero-order valence-corrected chi connectivity index (χ0v) is 11.8. The number of likely N-dealkylation sites (N-methyl/N-ethyl adjacent to an activating group) is 1. The summed E-state index contributed by atoms with van der Waals surface area (Å²) in [5.41, 5.74) is -0.736. The van der Waals surface area contributed by atoms with Crippen molar-refractivity contribution in [3.05, 3.63) is 0 Å². The minimum absolute atomic E-state index is 0.229. The molecule has 3 rings (SSSR count). The van der Waals surface area contributed by atoms with Crippen molar-refractivity contribution >= 4 is 5.91 Å². The third-order valence-electron chi connectivity index (χ3n) is 5.39. The largest absolute Gasteiger partial charge is 0.388 e. The molecular formula is C15H25NO3. The number of rotatable bonds is 3. The third kappa shape index (κ3) is 2.65. The van der Waals surface area contributed by atoms with Crippen molar-refractivity contribution in [3.63, 3.8) is 0 Å². The lowest BCUT2D eigenvalue weighted by Crippen LogP contribution is -2.49. The molecule has 1 saturated heterocycles. The zero-order valence-electron chi connectivity index (χ0n) is 11.8. The van der Waals surface area contributed by atoms with Crippen LogP contribution in [0.3, 0.4) is 0 Å².